The number of nitrogens with zero attached hydrogens (tertiary/aromatic N) is 4. The highest BCUT2D eigenvalue weighted by molar-refractivity contribution is 6.02. The molecule has 0 aliphatic heterocycles. The van der Waals surface area contributed by atoms with Gasteiger partial charge in [-0.25, -0.2) is 0 Å². The van der Waals surface area contributed by atoms with Crippen molar-refractivity contribution in [1.29, 1.82) is 5.26 Å². The second-order valence-electron chi connectivity index (χ2n) is 7.63. The first-order valence-corrected chi connectivity index (χ1v) is 10.5. The summed E-state index contributed by atoms with van der Waals surface area (Å²) in [6, 6.07) is 19.2. The topological polar surface area (TPSA) is 61.9 Å². The lowest BCUT2D eigenvalue weighted by molar-refractivity contribution is -0.126. The van der Waals surface area contributed by atoms with Gasteiger partial charge in [0.05, 0.1) is 11.7 Å². The minimum atomic E-state index is -0.390. The molecule has 0 saturated carbocycles. The summed E-state index contributed by atoms with van der Waals surface area (Å²) in [5.41, 5.74) is 4.89. The van der Waals surface area contributed by atoms with E-state index in [2.05, 4.69) is 22.5 Å². The fourth-order valence-corrected chi connectivity index (χ4v) is 3.91. The maximum atomic E-state index is 13.4. The van der Waals surface area contributed by atoms with Crippen LogP contribution in [0.1, 0.15) is 47.6 Å². The van der Waals surface area contributed by atoms with E-state index < -0.39 is 0 Å². The van der Waals surface area contributed by atoms with E-state index in [-0.39, 0.29) is 17.5 Å². The minimum Gasteiger partial charge on any atom is -0.349 e. The van der Waals surface area contributed by atoms with Crippen molar-refractivity contribution in [2.45, 2.75) is 39.8 Å². The third kappa shape index (κ3) is 4.75. The largest absolute Gasteiger partial charge is 0.349 e. The van der Waals surface area contributed by atoms with Crippen molar-refractivity contribution in [3.05, 3.63) is 94.6 Å². The molecule has 1 aromatic carbocycles. The van der Waals surface area contributed by atoms with E-state index in [4.69, 9.17) is 0 Å². The second-order valence-corrected chi connectivity index (χ2v) is 7.63. The first-order valence-electron chi connectivity index (χ1n) is 10.5. The monoisotopic (exact) mass is 412 g/mol. The number of pyridine rings is 1. The zero-order valence-corrected chi connectivity index (χ0v) is 18.5. The molecule has 5 heteroatoms. The number of aromatic nitrogens is 2. The molecule has 0 saturated heterocycles. The average molecular weight is 413 g/mol. The van der Waals surface area contributed by atoms with Crippen molar-refractivity contribution in [3.63, 3.8) is 0 Å². The zero-order valence-electron chi connectivity index (χ0n) is 18.5. The smallest absolute Gasteiger partial charge is 0.265 e. The Kier molecular flexibility index (Phi) is 7.04. The van der Waals surface area contributed by atoms with Gasteiger partial charge < -0.3 is 9.47 Å². The number of amides is 1. The molecule has 0 bridgehead atoms. The molecule has 2 aromatic heterocycles. The Hall–Kier alpha value is -3.65. The third-order valence-corrected chi connectivity index (χ3v) is 5.50. The molecule has 2 heterocycles. The second kappa shape index (κ2) is 9.90. The van der Waals surface area contributed by atoms with Gasteiger partial charge in [-0.05, 0) is 55.7 Å². The van der Waals surface area contributed by atoms with Gasteiger partial charge in [-0.2, -0.15) is 5.26 Å². The lowest BCUT2D eigenvalue weighted by Gasteiger charge is -2.28. The fraction of sp³-hybridized carbons (Fsp3) is 0.269. The zero-order chi connectivity index (χ0) is 22.4. The SMILES string of the molecule is CCCn1c(C)cc(/C=C(\C#N)C(=O)N(C)C(c2ccccc2)c2ccccn2)c1C. The molecule has 5 nitrogen and oxygen atoms in total. The number of benzene rings is 1. The highest BCUT2D eigenvalue weighted by Crippen LogP contribution is 2.28. The number of hydrogen-bond donors (Lipinski definition) is 0. The van der Waals surface area contributed by atoms with Gasteiger partial charge in [0, 0.05) is 31.2 Å². The Labute approximate surface area is 184 Å². The van der Waals surface area contributed by atoms with Crippen LogP contribution in [0.4, 0.5) is 0 Å². The highest BCUT2D eigenvalue weighted by atomic mass is 16.2. The van der Waals surface area contributed by atoms with E-state index in [1.165, 1.54) is 0 Å². The van der Waals surface area contributed by atoms with Crippen molar-refractivity contribution < 1.29 is 4.79 Å². The number of carbonyl (C=O) groups excluding carboxylic acids is 1. The van der Waals surface area contributed by atoms with Crippen molar-refractivity contribution in [2.24, 2.45) is 0 Å². The molecule has 0 N–H and O–H groups in total. The first kappa shape index (κ1) is 22.0. The quantitative estimate of drug-likeness (QED) is 0.402. The molecule has 158 valence electrons. The summed E-state index contributed by atoms with van der Waals surface area (Å²) in [7, 11) is 1.72. The predicted octanol–water partition coefficient (Wildman–Crippen LogP) is 5.06. The molecular formula is C26H28N4O. The van der Waals surface area contributed by atoms with E-state index in [0.717, 1.165) is 41.2 Å². The molecule has 1 amide bonds. The van der Waals surface area contributed by atoms with Crippen molar-refractivity contribution in [2.75, 3.05) is 7.05 Å². The van der Waals surface area contributed by atoms with Crippen LogP contribution in [0.5, 0.6) is 0 Å². The molecule has 0 radical (unpaired) electrons. The van der Waals surface area contributed by atoms with Gasteiger partial charge >= 0.3 is 0 Å². The van der Waals surface area contributed by atoms with Crippen molar-refractivity contribution >= 4 is 12.0 Å². The number of hydrogen-bond acceptors (Lipinski definition) is 3. The molecule has 0 aliphatic rings. The van der Waals surface area contributed by atoms with E-state index in [1.807, 2.05) is 68.4 Å². The molecular weight excluding hydrogens is 384 g/mol. The molecule has 1 unspecified atom stereocenters. The summed E-state index contributed by atoms with van der Waals surface area (Å²) in [5.74, 6) is -0.331. The summed E-state index contributed by atoms with van der Waals surface area (Å²) < 4.78 is 2.22. The summed E-state index contributed by atoms with van der Waals surface area (Å²) in [5, 5.41) is 9.81. The van der Waals surface area contributed by atoms with Gasteiger partial charge in [0.25, 0.3) is 5.91 Å². The molecule has 0 aliphatic carbocycles. The van der Waals surface area contributed by atoms with Crippen LogP contribution in [0, 0.1) is 25.2 Å². The maximum Gasteiger partial charge on any atom is 0.265 e. The van der Waals surface area contributed by atoms with Crippen LogP contribution in [0.25, 0.3) is 6.08 Å². The number of rotatable bonds is 7. The highest BCUT2D eigenvalue weighted by Gasteiger charge is 2.27. The lowest BCUT2D eigenvalue weighted by Crippen LogP contribution is -2.33. The van der Waals surface area contributed by atoms with Crippen LogP contribution in [-0.4, -0.2) is 27.4 Å². The van der Waals surface area contributed by atoms with E-state index in [9.17, 15) is 10.1 Å². The summed E-state index contributed by atoms with van der Waals surface area (Å²) in [4.78, 5) is 19.5. The molecule has 3 rings (SSSR count). The predicted molar refractivity (Wildman–Crippen MR) is 123 cm³/mol. The number of nitriles is 1. The Bertz CT molecular complexity index is 1070. The Morgan fingerprint density at radius 2 is 1.90 bits per heavy atom. The van der Waals surface area contributed by atoms with Gasteiger partial charge in [0.15, 0.2) is 0 Å². The maximum absolute atomic E-state index is 13.4. The molecule has 31 heavy (non-hydrogen) atoms. The molecule has 0 fully saturated rings. The van der Waals surface area contributed by atoms with E-state index in [0.29, 0.717) is 0 Å². The third-order valence-electron chi connectivity index (χ3n) is 5.50. The van der Waals surface area contributed by atoms with Gasteiger partial charge in [-0.15, -0.1) is 0 Å². The van der Waals surface area contributed by atoms with Gasteiger partial charge in [-0.3, -0.25) is 9.78 Å². The Morgan fingerprint density at radius 3 is 2.52 bits per heavy atom. The van der Waals surface area contributed by atoms with Crippen molar-refractivity contribution in [1.82, 2.24) is 14.5 Å². The van der Waals surface area contributed by atoms with Crippen LogP contribution in [0.15, 0.2) is 66.4 Å². The summed E-state index contributed by atoms with van der Waals surface area (Å²) in [6.07, 6.45) is 4.44. The summed E-state index contributed by atoms with van der Waals surface area (Å²) in [6.45, 7) is 7.12. The Morgan fingerprint density at radius 1 is 1.19 bits per heavy atom. The lowest BCUT2D eigenvalue weighted by atomic mass is 10.0. The van der Waals surface area contributed by atoms with Crippen molar-refractivity contribution in [3.8, 4) is 6.07 Å². The molecule has 3 aromatic rings. The van der Waals surface area contributed by atoms with Gasteiger partial charge in [-0.1, -0.05) is 43.3 Å². The number of aryl methyl sites for hydroxylation is 1. The van der Waals surface area contributed by atoms with E-state index in [1.54, 1.807) is 24.2 Å². The Balaban J connectivity index is 1.99. The average Bonchev–Trinajstić information content (AvgIpc) is 3.06. The standard InChI is InChI=1S/C26H28N4O/c1-5-15-30-19(2)16-22(20(30)3)17-23(18-27)26(31)29(4)25(21-11-7-6-8-12-21)24-13-9-10-14-28-24/h6-14,16-17,25H,5,15H2,1-4H3/b23-17+. The first-order chi connectivity index (χ1) is 15.0. The van der Waals surface area contributed by atoms with Crippen LogP contribution in [0.2, 0.25) is 0 Å². The summed E-state index contributed by atoms with van der Waals surface area (Å²) >= 11 is 0. The molecule has 0 spiro atoms. The van der Waals surface area contributed by atoms with E-state index >= 15 is 0 Å². The van der Waals surface area contributed by atoms with Crippen LogP contribution in [0.3, 0.4) is 0 Å². The van der Waals surface area contributed by atoms with Crippen LogP contribution in [-0.2, 0) is 11.3 Å². The minimum absolute atomic E-state index is 0.108. The number of carbonyl (C=O) groups is 1. The fourth-order valence-electron chi connectivity index (χ4n) is 3.91. The van der Waals surface area contributed by atoms with Gasteiger partial charge in [0.1, 0.15) is 11.6 Å². The normalized spacial score (nSPS) is 12.3. The molecule has 1 atom stereocenters. The van der Waals surface area contributed by atoms with Crippen LogP contribution < -0.4 is 0 Å². The van der Waals surface area contributed by atoms with Gasteiger partial charge in [0.2, 0.25) is 0 Å². The number of likely N-dealkylation sites (N-methyl/N-ethyl adjacent to an activating group) is 1. The van der Waals surface area contributed by atoms with Crippen LogP contribution >= 0.6 is 0 Å².